The Bertz CT molecular complexity index is 985. The standard InChI is InChI=1S/C22H23N3O5/c1-23-19(26)15-6-4-14(5-7-15)13-24-20(27)16-8-9-17-18(12-16)22(29)25(21(17)28)10-3-11-30-2/h4-9,12H,3,10-11,13H2,1-2H3,(H,23,26)(H,24,27). The topological polar surface area (TPSA) is 105 Å². The number of nitrogens with zero attached hydrogens (tertiary/aromatic N) is 1. The molecular formula is C22H23N3O5. The van der Waals surface area contributed by atoms with Crippen molar-refractivity contribution in [2.45, 2.75) is 13.0 Å². The summed E-state index contributed by atoms with van der Waals surface area (Å²) >= 11 is 0. The van der Waals surface area contributed by atoms with Crippen LogP contribution in [0.5, 0.6) is 0 Å². The van der Waals surface area contributed by atoms with E-state index in [0.29, 0.717) is 29.7 Å². The van der Waals surface area contributed by atoms with Crippen molar-refractivity contribution >= 4 is 23.6 Å². The van der Waals surface area contributed by atoms with Gasteiger partial charge in [0.05, 0.1) is 11.1 Å². The number of methoxy groups -OCH3 is 1. The van der Waals surface area contributed by atoms with Crippen molar-refractivity contribution in [2.24, 2.45) is 0 Å². The van der Waals surface area contributed by atoms with Crippen LogP contribution in [0.25, 0.3) is 0 Å². The highest BCUT2D eigenvalue weighted by Gasteiger charge is 2.35. The lowest BCUT2D eigenvalue weighted by Crippen LogP contribution is -2.31. The molecule has 156 valence electrons. The van der Waals surface area contributed by atoms with E-state index in [9.17, 15) is 19.2 Å². The van der Waals surface area contributed by atoms with Crippen LogP contribution < -0.4 is 10.6 Å². The van der Waals surface area contributed by atoms with Crippen molar-refractivity contribution in [3.05, 3.63) is 70.3 Å². The Kier molecular flexibility index (Phi) is 6.58. The number of hydrogen-bond donors (Lipinski definition) is 2. The molecule has 2 aromatic carbocycles. The maximum absolute atomic E-state index is 12.6. The number of rotatable bonds is 8. The molecule has 3 rings (SSSR count). The van der Waals surface area contributed by atoms with Crippen LogP contribution >= 0.6 is 0 Å². The molecule has 0 aliphatic carbocycles. The van der Waals surface area contributed by atoms with Crippen molar-refractivity contribution < 1.29 is 23.9 Å². The zero-order valence-electron chi connectivity index (χ0n) is 16.9. The first-order chi connectivity index (χ1) is 14.5. The maximum atomic E-state index is 12.6. The molecular weight excluding hydrogens is 386 g/mol. The summed E-state index contributed by atoms with van der Waals surface area (Å²) in [6, 6.07) is 11.4. The molecule has 0 fully saturated rings. The van der Waals surface area contributed by atoms with Gasteiger partial charge >= 0.3 is 0 Å². The maximum Gasteiger partial charge on any atom is 0.261 e. The van der Waals surface area contributed by atoms with E-state index in [2.05, 4.69) is 10.6 Å². The first-order valence-corrected chi connectivity index (χ1v) is 9.54. The summed E-state index contributed by atoms with van der Waals surface area (Å²) in [5, 5.41) is 5.33. The third kappa shape index (κ3) is 4.38. The van der Waals surface area contributed by atoms with E-state index in [1.54, 1.807) is 38.4 Å². The van der Waals surface area contributed by atoms with Gasteiger partial charge < -0.3 is 15.4 Å². The van der Waals surface area contributed by atoms with Gasteiger partial charge in [-0.1, -0.05) is 12.1 Å². The fourth-order valence-corrected chi connectivity index (χ4v) is 3.20. The Hall–Kier alpha value is -3.52. The summed E-state index contributed by atoms with van der Waals surface area (Å²) < 4.78 is 4.97. The number of imide groups is 1. The number of ether oxygens (including phenoxy) is 1. The van der Waals surface area contributed by atoms with E-state index >= 15 is 0 Å². The second kappa shape index (κ2) is 9.32. The Labute approximate surface area is 174 Å². The van der Waals surface area contributed by atoms with Crippen molar-refractivity contribution in [1.82, 2.24) is 15.5 Å². The molecule has 0 saturated heterocycles. The third-order valence-electron chi connectivity index (χ3n) is 4.86. The van der Waals surface area contributed by atoms with Crippen LogP contribution in [0.15, 0.2) is 42.5 Å². The van der Waals surface area contributed by atoms with Gasteiger partial charge in [-0.05, 0) is 42.3 Å². The molecule has 0 radical (unpaired) electrons. The van der Waals surface area contributed by atoms with Crippen LogP contribution in [0.2, 0.25) is 0 Å². The summed E-state index contributed by atoms with van der Waals surface area (Å²) in [5.74, 6) is -1.29. The average molecular weight is 409 g/mol. The van der Waals surface area contributed by atoms with Gasteiger partial charge in [0, 0.05) is 45.0 Å². The summed E-state index contributed by atoms with van der Waals surface area (Å²) in [7, 11) is 3.12. The van der Waals surface area contributed by atoms with Crippen molar-refractivity contribution in [3.63, 3.8) is 0 Å². The number of benzene rings is 2. The predicted octanol–water partition coefficient (Wildman–Crippen LogP) is 1.61. The van der Waals surface area contributed by atoms with E-state index in [1.165, 1.54) is 23.1 Å². The fourth-order valence-electron chi connectivity index (χ4n) is 3.20. The number of hydrogen-bond acceptors (Lipinski definition) is 5. The molecule has 0 unspecified atom stereocenters. The SMILES string of the molecule is CNC(=O)c1ccc(CNC(=O)c2ccc3c(c2)C(=O)N(CCCOC)C3=O)cc1. The monoisotopic (exact) mass is 409 g/mol. The minimum atomic E-state index is -0.398. The molecule has 1 heterocycles. The number of amides is 4. The molecule has 0 saturated carbocycles. The molecule has 0 atom stereocenters. The van der Waals surface area contributed by atoms with Crippen molar-refractivity contribution in [3.8, 4) is 0 Å². The molecule has 0 aromatic heterocycles. The molecule has 8 heteroatoms. The smallest absolute Gasteiger partial charge is 0.261 e. The highest BCUT2D eigenvalue weighted by atomic mass is 16.5. The fraction of sp³-hybridized carbons (Fsp3) is 0.273. The van der Waals surface area contributed by atoms with E-state index in [1.807, 2.05) is 0 Å². The first kappa shape index (κ1) is 21.2. The van der Waals surface area contributed by atoms with E-state index in [4.69, 9.17) is 4.74 Å². The molecule has 0 spiro atoms. The van der Waals surface area contributed by atoms with Gasteiger partial charge in [-0.15, -0.1) is 0 Å². The minimum absolute atomic E-state index is 0.181. The van der Waals surface area contributed by atoms with Crippen molar-refractivity contribution in [2.75, 3.05) is 27.3 Å². The lowest BCUT2D eigenvalue weighted by molar-refractivity contribution is 0.0638. The average Bonchev–Trinajstić information content (AvgIpc) is 3.01. The van der Waals surface area contributed by atoms with Gasteiger partial charge in [0.2, 0.25) is 0 Å². The summed E-state index contributed by atoms with van der Waals surface area (Å²) in [5.41, 5.74) is 2.20. The van der Waals surface area contributed by atoms with Crippen LogP contribution in [0, 0.1) is 0 Å². The van der Waals surface area contributed by atoms with Crippen LogP contribution in [0.4, 0.5) is 0 Å². The largest absolute Gasteiger partial charge is 0.385 e. The quantitative estimate of drug-likeness (QED) is 0.509. The molecule has 1 aliphatic heterocycles. The molecule has 30 heavy (non-hydrogen) atoms. The van der Waals surface area contributed by atoms with Gasteiger partial charge in [-0.2, -0.15) is 0 Å². The van der Waals surface area contributed by atoms with Crippen LogP contribution in [0.1, 0.15) is 53.4 Å². The lowest BCUT2D eigenvalue weighted by atomic mass is 10.1. The number of carbonyl (C=O) groups excluding carboxylic acids is 4. The van der Waals surface area contributed by atoms with E-state index in [-0.39, 0.29) is 36.4 Å². The molecule has 0 bridgehead atoms. The van der Waals surface area contributed by atoms with Crippen LogP contribution in [-0.4, -0.2) is 55.8 Å². The normalized spacial score (nSPS) is 12.7. The Morgan fingerprint density at radius 2 is 1.60 bits per heavy atom. The molecule has 8 nitrogen and oxygen atoms in total. The van der Waals surface area contributed by atoms with Gasteiger partial charge in [-0.25, -0.2) is 0 Å². The number of fused-ring (bicyclic) bond motifs is 1. The molecule has 2 aromatic rings. The molecule has 2 N–H and O–H groups in total. The zero-order chi connectivity index (χ0) is 21.7. The Balaban J connectivity index is 1.65. The van der Waals surface area contributed by atoms with Crippen LogP contribution in [0.3, 0.4) is 0 Å². The lowest BCUT2D eigenvalue weighted by Gasteiger charge is -2.12. The van der Waals surface area contributed by atoms with Crippen molar-refractivity contribution in [1.29, 1.82) is 0 Å². The predicted molar refractivity (Wildman–Crippen MR) is 109 cm³/mol. The van der Waals surface area contributed by atoms with Gasteiger partial charge in [0.25, 0.3) is 23.6 Å². The summed E-state index contributed by atoms with van der Waals surface area (Å²) in [4.78, 5) is 50.3. The van der Waals surface area contributed by atoms with Gasteiger partial charge in [-0.3, -0.25) is 24.1 Å². The summed E-state index contributed by atoms with van der Waals surface area (Å²) in [6.07, 6.45) is 0.550. The van der Waals surface area contributed by atoms with Gasteiger partial charge in [0.1, 0.15) is 0 Å². The van der Waals surface area contributed by atoms with E-state index in [0.717, 1.165) is 5.56 Å². The number of nitrogens with one attached hydrogen (secondary N) is 2. The third-order valence-corrected chi connectivity index (χ3v) is 4.86. The highest BCUT2D eigenvalue weighted by molar-refractivity contribution is 6.22. The second-order valence-corrected chi connectivity index (χ2v) is 6.83. The van der Waals surface area contributed by atoms with Gasteiger partial charge in [0.15, 0.2) is 0 Å². The van der Waals surface area contributed by atoms with Crippen LogP contribution in [-0.2, 0) is 11.3 Å². The zero-order valence-corrected chi connectivity index (χ0v) is 16.9. The second-order valence-electron chi connectivity index (χ2n) is 6.83. The van der Waals surface area contributed by atoms with E-state index < -0.39 is 5.91 Å². The molecule has 4 amide bonds. The number of carbonyl (C=O) groups is 4. The molecule has 1 aliphatic rings. The minimum Gasteiger partial charge on any atom is -0.385 e. The Morgan fingerprint density at radius 3 is 2.27 bits per heavy atom. The summed E-state index contributed by atoms with van der Waals surface area (Å²) in [6.45, 7) is 0.985. The highest BCUT2D eigenvalue weighted by Crippen LogP contribution is 2.24. The first-order valence-electron chi connectivity index (χ1n) is 9.54. The Morgan fingerprint density at radius 1 is 0.933 bits per heavy atom.